The molecule has 0 saturated carbocycles. The molecule has 11 heteroatoms. The van der Waals surface area contributed by atoms with Crippen LogP contribution in [0.4, 0.5) is 23.7 Å². The van der Waals surface area contributed by atoms with Gasteiger partial charge in [0.2, 0.25) is 11.7 Å². The van der Waals surface area contributed by atoms with Crippen LogP contribution >= 0.6 is 0 Å². The second-order valence-corrected chi connectivity index (χ2v) is 8.87. The second kappa shape index (κ2) is 9.35. The number of piperidine rings is 1. The number of alkyl halides is 3. The molecule has 0 spiro atoms. The minimum absolute atomic E-state index is 0.00792. The minimum Gasteiger partial charge on any atom is -0.444 e. The van der Waals surface area contributed by atoms with Gasteiger partial charge in [-0.15, -0.1) is 0 Å². The molecule has 1 atom stereocenters. The molecule has 1 saturated heterocycles. The number of likely N-dealkylation sites (tertiary alicyclic amines) is 1. The van der Waals surface area contributed by atoms with Crippen molar-refractivity contribution in [1.29, 1.82) is 0 Å². The minimum atomic E-state index is -4.57. The fraction of sp³-hybridized carbons (Fsp3) is 0.571. The molecule has 32 heavy (non-hydrogen) atoms. The summed E-state index contributed by atoms with van der Waals surface area (Å²) < 4.78 is 43.7. The Bertz CT molecular complexity index is 968. The highest BCUT2D eigenvalue weighted by Gasteiger charge is 2.34. The van der Waals surface area contributed by atoms with Gasteiger partial charge < -0.3 is 20.4 Å². The number of benzene rings is 1. The van der Waals surface area contributed by atoms with E-state index in [9.17, 15) is 22.8 Å². The summed E-state index contributed by atoms with van der Waals surface area (Å²) in [6.07, 6.45) is -2.30. The van der Waals surface area contributed by atoms with Crippen molar-refractivity contribution in [2.24, 2.45) is 0 Å². The van der Waals surface area contributed by atoms with E-state index in [2.05, 4.69) is 20.6 Å². The lowest BCUT2D eigenvalue weighted by Crippen LogP contribution is -2.49. The Balaban J connectivity index is 1.58. The first-order valence-corrected chi connectivity index (χ1v) is 10.5. The van der Waals surface area contributed by atoms with Gasteiger partial charge in [-0.1, -0.05) is 6.42 Å². The first-order valence-electron chi connectivity index (χ1n) is 10.5. The van der Waals surface area contributed by atoms with Crippen molar-refractivity contribution in [2.75, 3.05) is 25.0 Å². The predicted molar refractivity (Wildman–Crippen MR) is 113 cm³/mol. The molecule has 2 amide bonds. The van der Waals surface area contributed by atoms with Gasteiger partial charge in [0.05, 0.1) is 17.6 Å². The van der Waals surface area contributed by atoms with E-state index in [4.69, 9.17) is 4.74 Å². The molecule has 3 rings (SSSR count). The number of aromatic amines is 1. The highest BCUT2D eigenvalue weighted by atomic mass is 19.4. The maximum atomic E-state index is 12.8. The number of aromatic nitrogens is 2. The molecule has 1 aliphatic rings. The number of hydrogen-bond acceptors (Lipinski definition) is 5. The number of hydrogen-bond donors (Lipinski definition) is 3. The second-order valence-electron chi connectivity index (χ2n) is 8.87. The van der Waals surface area contributed by atoms with Gasteiger partial charge in [0.1, 0.15) is 5.60 Å². The van der Waals surface area contributed by atoms with E-state index < -0.39 is 23.7 Å². The number of nitrogens with one attached hydrogen (secondary N) is 3. The number of fused-ring (bicyclic) bond motifs is 1. The Morgan fingerprint density at radius 2 is 2.00 bits per heavy atom. The molecule has 0 aliphatic carbocycles. The van der Waals surface area contributed by atoms with Crippen molar-refractivity contribution in [3.05, 3.63) is 24.0 Å². The normalized spacial score (nSPS) is 17.9. The Labute approximate surface area is 183 Å². The maximum Gasteiger partial charge on any atom is 0.449 e. The Hall–Kier alpha value is -2.82. The Kier molecular flexibility index (Phi) is 6.97. The van der Waals surface area contributed by atoms with Crippen LogP contribution in [0.3, 0.4) is 0 Å². The lowest BCUT2D eigenvalue weighted by atomic mass is 10.0. The number of halogens is 3. The van der Waals surface area contributed by atoms with E-state index in [0.717, 1.165) is 19.3 Å². The van der Waals surface area contributed by atoms with Gasteiger partial charge in [-0.05, 0) is 58.4 Å². The number of carbonyl (C=O) groups excluding carboxylic acids is 2. The molecule has 1 aromatic carbocycles. The fourth-order valence-electron chi connectivity index (χ4n) is 3.62. The quantitative estimate of drug-likeness (QED) is 0.635. The van der Waals surface area contributed by atoms with Crippen LogP contribution in [0.5, 0.6) is 0 Å². The van der Waals surface area contributed by atoms with Crippen LogP contribution in [-0.2, 0) is 15.7 Å². The third-order valence-electron chi connectivity index (χ3n) is 5.01. The molecule has 0 bridgehead atoms. The van der Waals surface area contributed by atoms with Crippen LogP contribution in [0.15, 0.2) is 18.2 Å². The Morgan fingerprint density at radius 1 is 1.25 bits per heavy atom. The lowest BCUT2D eigenvalue weighted by molar-refractivity contribution is -0.144. The first-order chi connectivity index (χ1) is 14.9. The molecular formula is C21H28F3N5O3. The number of imidazole rings is 1. The van der Waals surface area contributed by atoms with Gasteiger partial charge in [-0.3, -0.25) is 9.69 Å². The number of amides is 2. The van der Waals surface area contributed by atoms with Crippen molar-refractivity contribution in [2.45, 2.75) is 57.9 Å². The first kappa shape index (κ1) is 23.8. The zero-order valence-electron chi connectivity index (χ0n) is 18.3. The molecule has 1 fully saturated rings. The average Bonchev–Trinajstić information content (AvgIpc) is 3.10. The summed E-state index contributed by atoms with van der Waals surface area (Å²) in [5.74, 6) is -1.37. The number of ether oxygens (including phenoxy) is 1. The molecule has 0 radical (unpaired) electrons. The highest BCUT2D eigenvalue weighted by molar-refractivity contribution is 5.94. The summed E-state index contributed by atoms with van der Waals surface area (Å²) in [6.45, 7) is 6.54. The molecular weight excluding hydrogens is 427 g/mol. The molecule has 1 aromatic heterocycles. The zero-order chi connectivity index (χ0) is 23.5. The van der Waals surface area contributed by atoms with E-state index in [1.165, 1.54) is 18.2 Å². The summed E-state index contributed by atoms with van der Waals surface area (Å²) in [5.41, 5.74) is 0.139. The smallest absolute Gasteiger partial charge is 0.444 e. The van der Waals surface area contributed by atoms with Crippen LogP contribution in [0, 0.1) is 0 Å². The van der Waals surface area contributed by atoms with Crippen LogP contribution < -0.4 is 10.6 Å². The third kappa shape index (κ3) is 6.59. The molecule has 176 valence electrons. The number of carbonyl (C=O) groups is 2. The van der Waals surface area contributed by atoms with Crippen LogP contribution in [0.1, 0.15) is 45.9 Å². The number of rotatable bonds is 5. The summed E-state index contributed by atoms with van der Waals surface area (Å²) >= 11 is 0. The van der Waals surface area contributed by atoms with Gasteiger partial charge in [0.15, 0.2) is 0 Å². The molecule has 2 aromatic rings. The Morgan fingerprint density at radius 3 is 2.69 bits per heavy atom. The SMILES string of the molecule is CC(C)(C)OC(=O)NCC1CCCCN1CC(=O)Nc1ccc2nc(C(F)(F)F)[nH]c2c1. The summed E-state index contributed by atoms with van der Waals surface area (Å²) in [5, 5.41) is 5.48. The summed E-state index contributed by atoms with van der Waals surface area (Å²) in [7, 11) is 0. The summed E-state index contributed by atoms with van der Waals surface area (Å²) in [4.78, 5) is 32.3. The van der Waals surface area contributed by atoms with Crippen molar-refractivity contribution in [1.82, 2.24) is 20.2 Å². The highest BCUT2D eigenvalue weighted by Crippen LogP contribution is 2.29. The zero-order valence-corrected chi connectivity index (χ0v) is 18.3. The van der Waals surface area contributed by atoms with Crippen molar-refractivity contribution < 1.29 is 27.5 Å². The van der Waals surface area contributed by atoms with Crippen LogP contribution in [0.25, 0.3) is 11.0 Å². The van der Waals surface area contributed by atoms with Gasteiger partial charge in [-0.2, -0.15) is 13.2 Å². The van der Waals surface area contributed by atoms with Gasteiger partial charge in [-0.25, -0.2) is 9.78 Å². The average molecular weight is 455 g/mol. The van der Waals surface area contributed by atoms with Gasteiger partial charge in [0.25, 0.3) is 0 Å². The topological polar surface area (TPSA) is 99.3 Å². The van der Waals surface area contributed by atoms with E-state index in [-0.39, 0.29) is 29.5 Å². The van der Waals surface area contributed by atoms with Crippen LogP contribution in [0.2, 0.25) is 0 Å². The van der Waals surface area contributed by atoms with Crippen molar-refractivity contribution in [3.63, 3.8) is 0 Å². The van der Waals surface area contributed by atoms with Gasteiger partial charge in [0, 0.05) is 18.3 Å². The van der Waals surface area contributed by atoms with Crippen molar-refractivity contribution >= 4 is 28.7 Å². The van der Waals surface area contributed by atoms with Crippen LogP contribution in [-0.4, -0.2) is 58.1 Å². The maximum absolute atomic E-state index is 12.8. The standard InChI is InChI=1S/C21H28F3N5O3/c1-20(2,3)32-19(31)25-11-14-6-4-5-9-29(14)12-17(30)26-13-7-8-15-16(10-13)28-18(27-15)21(22,23)24/h7-8,10,14H,4-6,9,11-12H2,1-3H3,(H,25,31)(H,26,30)(H,27,28). The predicted octanol–water partition coefficient (Wildman–Crippen LogP) is 3.90. The number of H-pyrrole nitrogens is 1. The third-order valence-corrected chi connectivity index (χ3v) is 5.01. The monoisotopic (exact) mass is 455 g/mol. The molecule has 8 nitrogen and oxygen atoms in total. The van der Waals surface area contributed by atoms with Gasteiger partial charge >= 0.3 is 12.3 Å². The van der Waals surface area contributed by atoms with E-state index in [1.54, 1.807) is 20.8 Å². The lowest BCUT2D eigenvalue weighted by Gasteiger charge is -2.35. The number of alkyl carbamates (subject to hydrolysis) is 1. The van der Waals surface area contributed by atoms with Crippen molar-refractivity contribution in [3.8, 4) is 0 Å². The molecule has 1 aliphatic heterocycles. The number of nitrogens with zero attached hydrogens (tertiary/aromatic N) is 2. The van der Waals surface area contributed by atoms with E-state index in [1.807, 2.05) is 4.90 Å². The van der Waals surface area contributed by atoms with E-state index >= 15 is 0 Å². The fourth-order valence-corrected chi connectivity index (χ4v) is 3.62. The molecule has 3 N–H and O–H groups in total. The summed E-state index contributed by atoms with van der Waals surface area (Å²) in [6, 6.07) is 4.35. The number of anilines is 1. The molecule has 1 unspecified atom stereocenters. The van der Waals surface area contributed by atoms with E-state index in [0.29, 0.717) is 18.8 Å². The largest absolute Gasteiger partial charge is 0.449 e. The molecule has 2 heterocycles.